The summed E-state index contributed by atoms with van der Waals surface area (Å²) in [4.78, 5) is 12.4. The predicted octanol–water partition coefficient (Wildman–Crippen LogP) is 2.71. The van der Waals surface area contributed by atoms with Crippen LogP contribution in [0.25, 0.3) is 0 Å². The molecule has 0 bridgehead atoms. The van der Waals surface area contributed by atoms with Gasteiger partial charge in [-0.3, -0.25) is 4.79 Å². The van der Waals surface area contributed by atoms with Crippen LogP contribution in [0.15, 0.2) is 0 Å². The molecule has 1 saturated heterocycles. The molecule has 0 aromatic rings. The molecule has 0 aromatic carbocycles. The van der Waals surface area contributed by atoms with E-state index in [0.717, 1.165) is 6.42 Å². The monoisotopic (exact) mass is 358 g/mol. The fourth-order valence-electron chi connectivity index (χ4n) is 4.17. The van der Waals surface area contributed by atoms with Crippen molar-refractivity contribution in [1.29, 1.82) is 0 Å². The average Bonchev–Trinajstić information content (AvgIpc) is 2.67. The fraction of sp³-hybridized carbons (Fsp3) is 0.944. The average molecular weight is 359 g/mol. The second-order valence-corrected chi connectivity index (χ2v) is 14.4. The van der Waals surface area contributed by atoms with Crippen molar-refractivity contribution in [2.75, 3.05) is 13.2 Å². The van der Waals surface area contributed by atoms with Crippen molar-refractivity contribution in [3.05, 3.63) is 0 Å². The minimum Gasteiger partial charge on any atom is -0.455 e. The summed E-state index contributed by atoms with van der Waals surface area (Å²) >= 11 is 0. The molecular formula is C18H34O5Si. The summed E-state index contributed by atoms with van der Waals surface area (Å²) in [6.45, 7) is 15.1. The van der Waals surface area contributed by atoms with Crippen LogP contribution in [0.5, 0.6) is 0 Å². The third-order valence-corrected chi connectivity index (χ3v) is 11.3. The molecular weight excluding hydrogens is 324 g/mol. The zero-order chi connectivity index (χ0) is 18.6. The van der Waals surface area contributed by atoms with Gasteiger partial charge in [-0.1, -0.05) is 34.6 Å². The van der Waals surface area contributed by atoms with Gasteiger partial charge in [-0.2, -0.15) is 0 Å². The molecule has 24 heavy (non-hydrogen) atoms. The normalized spacial score (nSPS) is 33.6. The number of aliphatic hydroxyl groups is 2. The Hall–Kier alpha value is -0.433. The van der Waals surface area contributed by atoms with E-state index in [-0.39, 0.29) is 34.9 Å². The highest BCUT2D eigenvalue weighted by atomic mass is 28.4. The van der Waals surface area contributed by atoms with E-state index in [1.807, 2.05) is 13.8 Å². The van der Waals surface area contributed by atoms with Crippen LogP contribution >= 0.6 is 0 Å². The van der Waals surface area contributed by atoms with Crippen molar-refractivity contribution >= 4 is 14.3 Å². The largest absolute Gasteiger partial charge is 0.455 e. The lowest BCUT2D eigenvalue weighted by Crippen LogP contribution is -2.68. The molecule has 5 nitrogen and oxygen atoms in total. The highest BCUT2D eigenvalue weighted by Gasteiger charge is 2.73. The molecule has 2 rings (SSSR count). The van der Waals surface area contributed by atoms with E-state index in [0.29, 0.717) is 13.0 Å². The van der Waals surface area contributed by atoms with Crippen LogP contribution in [-0.2, 0) is 14.0 Å². The SMILES string of the molecule is CC1(C)C[C@@H]2[C@@H](CCO[Si](C)(C)C(C)(C)C)C(=O)O[C@@]21[C@@H](O)CO. The Balaban J connectivity index is 2.05. The number of rotatable bonds is 6. The summed E-state index contributed by atoms with van der Waals surface area (Å²) in [6.07, 6.45) is 0.411. The molecule has 2 fully saturated rings. The Morgan fingerprint density at radius 1 is 1.38 bits per heavy atom. The maximum atomic E-state index is 12.4. The van der Waals surface area contributed by atoms with Crippen LogP contribution in [-0.4, -0.2) is 49.4 Å². The molecule has 0 amide bonds. The summed E-state index contributed by atoms with van der Waals surface area (Å²) < 4.78 is 11.9. The zero-order valence-electron chi connectivity index (χ0n) is 16.2. The predicted molar refractivity (Wildman–Crippen MR) is 95.1 cm³/mol. The van der Waals surface area contributed by atoms with Crippen LogP contribution in [0.1, 0.15) is 47.5 Å². The second-order valence-electron chi connectivity index (χ2n) is 9.61. The third kappa shape index (κ3) is 2.85. The quantitative estimate of drug-likeness (QED) is 0.564. The number of carbonyl (C=O) groups is 1. The van der Waals surface area contributed by atoms with Crippen molar-refractivity contribution in [3.63, 3.8) is 0 Å². The van der Waals surface area contributed by atoms with Gasteiger partial charge in [0.05, 0.1) is 12.5 Å². The highest BCUT2D eigenvalue weighted by molar-refractivity contribution is 6.74. The highest BCUT2D eigenvalue weighted by Crippen LogP contribution is 2.64. The standard InChI is InChI=1S/C18H34O5Si/c1-16(2,3)24(6,7)22-9-8-12-13-10-17(4,5)18(13,14(20)11-19)23-15(12)21/h12-14,19-20H,8-11H2,1-7H3/t12-,13-,14+,18-/m1/s1. The molecule has 1 saturated carbocycles. The van der Waals surface area contributed by atoms with E-state index < -0.39 is 20.0 Å². The van der Waals surface area contributed by atoms with Crippen LogP contribution in [0.3, 0.4) is 0 Å². The van der Waals surface area contributed by atoms with Crippen LogP contribution in [0, 0.1) is 17.3 Å². The van der Waals surface area contributed by atoms with Gasteiger partial charge in [-0.25, -0.2) is 0 Å². The summed E-state index contributed by atoms with van der Waals surface area (Å²) in [5.74, 6) is -0.536. The van der Waals surface area contributed by atoms with E-state index in [1.54, 1.807) is 0 Å². The molecule has 0 radical (unpaired) electrons. The molecule has 1 aliphatic carbocycles. The maximum absolute atomic E-state index is 12.4. The first-order valence-corrected chi connectivity index (χ1v) is 11.9. The summed E-state index contributed by atoms with van der Waals surface area (Å²) in [5.41, 5.74) is -1.26. The van der Waals surface area contributed by atoms with Gasteiger partial charge in [0.1, 0.15) is 11.7 Å². The van der Waals surface area contributed by atoms with E-state index >= 15 is 0 Å². The second kappa shape index (κ2) is 6.08. The van der Waals surface area contributed by atoms with Crippen LogP contribution < -0.4 is 0 Å². The van der Waals surface area contributed by atoms with E-state index in [9.17, 15) is 15.0 Å². The number of hydrogen-bond acceptors (Lipinski definition) is 5. The first-order chi connectivity index (χ1) is 10.8. The molecule has 2 N–H and O–H groups in total. The van der Waals surface area contributed by atoms with E-state index in [2.05, 4.69) is 33.9 Å². The van der Waals surface area contributed by atoms with Crippen molar-refractivity contribution < 1.29 is 24.2 Å². The number of fused-ring (bicyclic) bond motifs is 1. The van der Waals surface area contributed by atoms with Gasteiger partial charge in [0.25, 0.3) is 0 Å². The number of ether oxygens (including phenoxy) is 1. The lowest BCUT2D eigenvalue weighted by atomic mass is 9.48. The summed E-state index contributed by atoms with van der Waals surface area (Å²) in [5, 5.41) is 19.9. The molecule has 0 unspecified atom stereocenters. The Bertz CT molecular complexity index is 496. The van der Waals surface area contributed by atoms with Gasteiger partial charge in [0.2, 0.25) is 0 Å². The number of aliphatic hydroxyl groups excluding tert-OH is 2. The molecule has 6 heteroatoms. The first-order valence-electron chi connectivity index (χ1n) is 8.96. The molecule has 1 heterocycles. The Labute approximate surface area is 146 Å². The van der Waals surface area contributed by atoms with Gasteiger partial charge in [0.15, 0.2) is 8.32 Å². The molecule has 4 atom stereocenters. The molecule has 140 valence electrons. The van der Waals surface area contributed by atoms with Gasteiger partial charge in [-0.15, -0.1) is 0 Å². The van der Waals surface area contributed by atoms with E-state index in [4.69, 9.17) is 9.16 Å². The number of carbonyl (C=O) groups excluding carboxylic acids is 1. The van der Waals surface area contributed by atoms with Crippen molar-refractivity contribution in [2.24, 2.45) is 17.3 Å². The Kier molecular flexibility index (Phi) is 5.03. The van der Waals surface area contributed by atoms with Crippen molar-refractivity contribution in [2.45, 2.75) is 77.3 Å². The topological polar surface area (TPSA) is 76.0 Å². The van der Waals surface area contributed by atoms with Crippen LogP contribution in [0.4, 0.5) is 0 Å². The number of esters is 1. The fourth-order valence-corrected chi connectivity index (χ4v) is 5.23. The lowest BCUT2D eigenvalue weighted by molar-refractivity contribution is -0.244. The minimum absolute atomic E-state index is 0.0369. The van der Waals surface area contributed by atoms with Crippen LogP contribution in [0.2, 0.25) is 18.1 Å². The lowest BCUT2D eigenvalue weighted by Gasteiger charge is -2.59. The molecule has 2 aliphatic rings. The van der Waals surface area contributed by atoms with E-state index in [1.165, 1.54) is 0 Å². The minimum atomic E-state index is -1.84. The van der Waals surface area contributed by atoms with Crippen molar-refractivity contribution in [3.8, 4) is 0 Å². The smallest absolute Gasteiger partial charge is 0.310 e. The Morgan fingerprint density at radius 3 is 2.42 bits per heavy atom. The maximum Gasteiger partial charge on any atom is 0.310 e. The van der Waals surface area contributed by atoms with Gasteiger partial charge < -0.3 is 19.4 Å². The van der Waals surface area contributed by atoms with Gasteiger partial charge in [-0.05, 0) is 31.0 Å². The first kappa shape index (κ1) is 19.9. The third-order valence-electron chi connectivity index (χ3n) is 6.76. The summed E-state index contributed by atoms with van der Waals surface area (Å²) in [7, 11) is -1.84. The van der Waals surface area contributed by atoms with Crippen molar-refractivity contribution in [1.82, 2.24) is 0 Å². The molecule has 0 aromatic heterocycles. The molecule has 1 aliphatic heterocycles. The number of hydrogen-bond donors (Lipinski definition) is 2. The Morgan fingerprint density at radius 2 is 1.96 bits per heavy atom. The zero-order valence-corrected chi connectivity index (χ0v) is 17.2. The summed E-state index contributed by atoms with van der Waals surface area (Å²) in [6, 6.07) is 0. The molecule has 0 spiro atoms. The van der Waals surface area contributed by atoms with Gasteiger partial charge >= 0.3 is 5.97 Å². The van der Waals surface area contributed by atoms with Gasteiger partial charge in [0, 0.05) is 17.9 Å².